The third-order valence-electron chi connectivity index (χ3n) is 3.89. The molecule has 0 spiro atoms. The second kappa shape index (κ2) is 10.8. The van der Waals surface area contributed by atoms with E-state index >= 15 is 0 Å². The summed E-state index contributed by atoms with van der Waals surface area (Å²) >= 11 is 0. The third-order valence-corrected chi connectivity index (χ3v) is 3.89. The quantitative estimate of drug-likeness (QED) is 0.263. The highest BCUT2D eigenvalue weighted by Crippen LogP contribution is 2.17. The fourth-order valence-electron chi connectivity index (χ4n) is 2.50. The van der Waals surface area contributed by atoms with Crippen molar-refractivity contribution in [1.29, 1.82) is 0 Å². The number of carboxylic acid groups (broad SMARTS) is 1. The van der Waals surface area contributed by atoms with Gasteiger partial charge in [0.25, 0.3) is 5.69 Å². The van der Waals surface area contributed by atoms with Crippen LogP contribution in [0, 0.1) is 10.1 Å². The molecule has 1 amide bonds. The summed E-state index contributed by atoms with van der Waals surface area (Å²) in [5.74, 6) is -1.69. The van der Waals surface area contributed by atoms with Crippen LogP contribution >= 0.6 is 0 Å². The van der Waals surface area contributed by atoms with E-state index in [1.54, 1.807) is 0 Å². The second-order valence-corrected chi connectivity index (χ2v) is 6.07. The first-order chi connectivity index (χ1) is 13.5. The first kappa shape index (κ1) is 21.0. The average molecular weight is 386 g/mol. The Morgan fingerprint density at radius 3 is 2.50 bits per heavy atom. The molecule has 0 heterocycles. The van der Waals surface area contributed by atoms with Gasteiger partial charge in [0.05, 0.1) is 11.3 Å². The lowest BCUT2D eigenvalue weighted by Crippen LogP contribution is -2.42. The molecule has 1 atom stereocenters. The normalized spacial score (nSPS) is 11.6. The molecule has 148 valence electrons. The van der Waals surface area contributed by atoms with Crippen LogP contribution in [0.2, 0.25) is 0 Å². The minimum absolute atomic E-state index is 0.157. The molecule has 9 heteroatoms. The Morgan fingerprint density at radius 2 is 1.82 bits per heavy atom. The maximum absolute atomic E-state index is 12.1. The molecule has 0 radical (unpaired) electrons. The predicted molar refractivity (Wildman–Crippen MR) is 104 cm³/mol. The maximum atomic E-state index is 12.1. The Hall–Kier alpha value is -3.30. The number of carbonyl (C=O) groups is 2. The standard InChI is InChI=1S/C19H22N4O5/c24-18(22-15-7-4-8-16(11-15)23(27)28)12-17(19(25)26)21-10-9-20-13-14-5-2-1-3-6-14/h1-8,11,17,20-21H,9-10,12-13H2,(H,22,24)(H,25,26)/t17-/m0/s1. The van der Waals surface area contributed by atoms with E-state index < -0.39 is 22.8 Å². The van der Waals surface area contributed by atoms with Crippen LogP contribution in [0.4, 0.5) is 11.4 Å². The van der Waals surface area contributed by atoms with E-state index in [1.165, 1.54) is 24.3 Å². The summed E-state index contributed by atoms with van der Waals surface area (Å²) in [5.41, 5.74) is 1.21. The third kappa shape index (κ3) is 7.14. The van der Waals surface area contributed by atoms with Gasteiger partial charge in [-0.3, -0.25) is 19.7 Å². The Labute approximate surface area is 161 Å². The molecule has 9 nitrogen and oxygen atoms in total. The number of carboxylic acids is 1. The number of nitro groups is 1. The van der Waals surface area contributed by atoms with Crippen LogP contribution in [0.3, 0.4) is 0 Å². The van der Waals surface area contributed by atoms with E-state index in [2.05, 4.69) is 16.0 Å². The Morgan fingerprint density at radius 1 is 1.07 bits per heavy atom. The summed E-state index contributed by atoms with van der Waals surface area (Å²) in [6.07, 6.45) is -0.295. The number of hydrogen-bond donors (Lipinski definition) is 4. The molecule has 2 aromatic carbocycles. The zero-order valence-corrected chi connectivity index (χ0v) is 15.1. The van der Waals surface area contributed by atoms with Crippen molar-refractivity contribution < 1.29 is 19.6 Å². The number of nitrogens with one attached hydrogen (secondary N) is 3. The van der Waals surface area contributed by atoms with Crippen LogP contribution < -0.4 is 16.0 Å². The first-order valence-corrected chi connectivity index (χ1v) is 8.71. The Balaban J connectivity index is 1.76. The van der Waals surface area contributed by atoms with Gasteiger partial charge in [-0.15, -0.1) is 0 Å². The van der Waals surface area contributed by atoms with Crippen molar-refractivity contribution in [2.75, 3.05) is 18.4 Å². The summed E-state index contributed by atoms with van der Waals surface area (Å²) in [6.45, 7) is 1.56. The number of carbonyl (C=O) groups excluding carboxylic acids is 1. The van der Waals surface area contributed by atoms with Gasteiger partial charge in [-0.05, 0) is 11.6 Å². The number of anilines is 1. The maximum Gasteiger partial charge on any atom is 0.321 e. The smallest absolute Gasteiger partial charge is 0.321 e. The monoisotopic (exact) mass is 386 g/mol. The van der Waals surface area contributed by atoms with Gasteiger partial charge in [-0.2, -0.15) is 0 Å². The fraction of sp³-hybridized carbons (Fsp3) is 0.263. The molecule has 4 N–H and O–H groups in total. The molecule has 0 aliphatic heterocycles. The molecule has 0 saturated carbocycles. The summed E-state index contributed by atoms with van der Waals surface area (Å²) in [4.78, 5) is 33.6. The van der Waals surface area contributed by atoms with E-state index in [1.807, 2.05) is 30.3 Å². The number of amides is 1. The van der Waals surface area contributed by atoms with Crippen LogP contribution in [0.15, 0.2) is 54.6 Å². The summed E-state index contributed by atoms with van der Waals surface area (Å²) in [6, 6.07) is 14.2. The van der Waals surface area contributed by atoms with Crippen molar-refractivity contribution in [2.24, 2.45) is 0 Å². The molecule has 2 aromatic rings. The number of non-ortho nitro benzene ring substituents is 1. The SMILES string of the molecule is O=C(C[C@H](NCCNCc1ccccc1)C(=O)O)Nc1cccc([N+](=O)[O-])c1. The highest BCUT2D eigenvalue weighted by atomic mass is 16.6. The van der Waals surface area contributed by atoms with E-state index in [-0.39, 0.29) is 17.8 Å². The summed E-state index contributed by atoms with van der Waals surface area (Å²) in [5, 5.41) is 28.5. The lowest BCUT2D eigenvalue weighted by Gasteiger charge is -2.15. The molecular formula is C19H22N4O5. The van der Waals surface area contributed by atoms with E-state index in [0.717, 1.165) is 5.56 Å². The summed E-state index contributed by atoms with van der Waals surface area (Å²) in [7, 11) is 0. The number of benzene rings is 2. The van der Waals surface area contributed by atoms with Gasteiger partial charge in [0.1, 0.15) is 6.04 Å². The highest BCUT2D eigenvalue weighted by molar-refractivity contribution is 5.94. The predicted octanol–water partition coefficient (Wildman–Crippen LogP) is 1.76. The lowest BCUT2D eigenvalue weighted by molar-refractivity contribution is -0.384. The zero-order chi connectivity index (χ0) is 20.4. The van der Waals surface area contributed by atoms with Gasteiger partial charge in [0.15, 0.2) is 0 Å². The van der Waals surface area contributed by atoms with Crippen molar-refractivity contribution >= 4 is 23.3 Å². The Bertz CT molecular complexity index is 813. The van der Waals surface area contributed by atoms with Crippen molar-refractivity contribution in [3.8, 4) is 0 Å². The van der Waals surface area contributed by atoms with E-state index in [9.17, 15) is 24.8 Å². The number of hydrogen-bond acceptors (Lipinski definition) is 6. The van der Waals surface area contributed by atoms with Gasteiger partial charge >= 0.3 is 5.97 Å². The molecule has 28 heavy (non-hydrogen) atoms. The van der Waals surface area contributed by atoms with E-state index in [0.29, 0.717) is 19.6 Å². The van der Waals surface area contributed by atoms with Gasteiger partial charge in [-0.1, -0.05) is 36.4 Å². The van der Waals surface area contributed by atoms with Gasteiger partial charge in [-0.25, -0.2) is 0 Å². The molecule has 0 aliphatic rings. The number of nitro benzene ring substituents is 1. The molecule has 0 saturated heterocycles. The fourth-order valence-corrected chi connectivity index (χ4v) is 2.50. The molecule has 0 aliphatic carbocycles. The number of rotatable bonds is 11. The first-order valence-electron chi connectivity index (χ1n) is 8.71. The van der Waals surface area contributed by atoms with Gasteiger partial charge in [0, 0.05) is 37.5 Å². The van der Waals surface area contributed by atoms with Crippen LogP contribution in [-0.4, -0.2) is 41.0 Å². The van der Waals surface area contributed by atoms with Crippen LogP contribution in [0.1, 0.15) is 12.0 Å². The Kier molecular flexibility index (Phi) is 8.07. The minimum atomic E-state index is -1.14. The van der Waals surface area contributed by atoms with Crippen LogP contribution in [0.25, 0.3) is 0 Å². The number of aliphatic carboxylic acids is 1. The lowest BCUT2D eigenvalue weighted by atomic mass is 10.2. The van der Waals surface area contributed by atoms with Crippen molar-refractivity contribution in [3.63, 3.8) is 0 Å². The molecule has 0 fully saturated rings. The van der Waals surface area contributed by atoms with Crippen LogP contribution in [-0.2, 0) is 16.1 Å². The van der Waals surface area contributed by atoms with Gasteiger partial charge in [0.2, 0.25) is 5.91 Å². The molecule has 2 rings (SSSR count). The topological polar surface area (TPSA) is 134 Å². The summed E-state index contributed by atoms with van der Waals surface area (Å²) < 4.78 is 0. The highest BCUT2D eigenvalue weighted by Gasteiger charge is 2.20. The molecule has 0 aromatic heterocycles. The second-order valence-electron chi connectivity index (χ2n) is 6.07. The molecule has 0 bridgehead atoms. The number of nitrogens with zero attached hydrogens (tertiary/aromatic N) is 1. The molecular weight excluding hydrogens is 364 g/mol. The van der Waals surface area contributed by atoms with Gasteiger partial charge < -0.3 is 21.1 Å². The minimum Gasteiger partial charge on any atom is -0.480 e. The van der Waals surface area contributed by atoms with Crippen molar-refractivity contribution in [3.05, 3.63) is 70.3 Å². The van der Waals surface area contributed by atoms with Crippen LogP contribution in [0.5, 0.6) is 0 Å². The van der Waals surface area contributed by atoms with E-state index in [4.69, 9.17) is 0 Å². The van der Waals surface area contributed by atoms with Crippen molar-refractivity contribution in [1.82, 2.24) is 10.6 Å². The van der Waals surface area contributed by atoms with Crippen molar-refractivity contribution in [2.45, 2.75) is 19.0 Å². The molecule has 0 unspecified atom stereocenters. The zero-order valence-electron chi connectivity index (χ0n) is 15.1. The average Bonchev–Trinajstić information content (AvgIpc) is 2.67. The largest absolute Gasteiger partial charge is 0.480 e.